The quantitative estimate of drug-likeness (QED) is 0.543. The van der Waals surface area contributed by atoms with E-state index in [1.807, 2.05) is 13.8 Å². The second-order valence-corrected chi connectivity index (χ2v) is 10.1. The summed E-state index contributed by atoms with van der Waals surface area (Å²) in [5.74, 6) is -1.62. The number of hydrogen-bond acceptors (Lipinski definition) is 4. The van der Waals surface area contributed by atoms with Crippen LogP contribution in [0.4, 0.5) is 10.1 Å². The van der Waals surface area contributed by atoms with E-state index in [-0.39, 0.29) is 28.9 Å². The molecule has 0 radical (unpaired) electrons. The highest BCUT2D eigenvalue weighted by Gasteiger charge is 2.31. The van der Waals surface area contributed by atoms with Gasteiger partial charge in [0.25, 0.3) is 0 Å². The molecule has 2 amide bonds. The van der Waals surface area contributed by atoms with Crippen molar-refractivity contribution in [2.45, 2.75) is 45.8 Å². The standard InChI is InChI=1S/C23H29ClFN3O4S/c1-5-16(2)26-23(30)17(3)27(14-18-10-6-8-12-20(18)25)22(29)15-28(33(4,31)32)21-13-9-7-11-19(21)24/h6-13,16-17H,5,14-15H2,1-4H3,(H,26,30). The number of nitrogens with zero attached hydrogens (tertiary/aromatic N) is 2. The fraction of sp³-hybridized carbons (Fsp3) is 0.391. The van der Waals surface area contributed by atoms with Crippen LogP contribution in [0.1, 0.15) is 32.8 Å². The lowest BCUT2D eigenvalue weighted by Crippen LogP contribution is -2.52. The van der Waals surface area contributed by atoms with Gasteiger partial charge in [-0.15, -0.1) is 0 Å². The average molecular weight is 498 g/mol. The van der Waals surface area contributed by atoms with Gasteiger partial charge in [-0.05, 0) is 38.5 Å². The Morgan fingerprint density at radius 3 is 2.27 bits per heavy atom. The molecular weight excluding hydrogens is 469 g/mol. The van der Waals surface area contributed by atoms with Gasteiger partial charge in [0.15, 0.2) is 0 Å². The Hall–Kier alpha value is -2.65. The van der Waals surface area contributed by atoms with Gasteiger partial charge < -0.3 is 10.2 Å². The highest BCUT2D eigenvalue weighted by molar-refractivity contribution is 7.92. The number of amides is 2. The van der Waals surface area contributed by atoms with Gasteiger partial charge in [-0.3, -0.25) is 13.9 Å². The molecule has 0 spiro atoms. The number of carbonyl (C=O) groups is 2. The van der Waals surface area contributed by atoms with E-state index in [0.29, 0.717) is 6.42 Å². The lowest BCUT2D eigenvalue weighted by molar-refractivity contribution is -0.139. The van der Waals surface area contributed by atoms with E-state index in [2.05, 4.69) is 5.32 Å². The first-order valence-electron chi connectivity index (χ1n) is 10.5. The Morgan fingerprint density at radius 1 is 1.09 bits per heavy atom. The highest BCUT2D eigenvalue weighted by Crippen LogP contribution is 2.27. The molecule has 7 nitrogen and oxygen atoms in total. The number of para-hydroxylation sites is 1. The molecule has 0 heterocycles. The van der Waals surface area contributed by atoms with Gasteiger partial charge in [0.2, 0.25) is 21.8 Å². The fourth-order valence-corrected chi connectivity index (χ4v) is 4.26. The normalized spacial score (nSPS) is 13.2. The van der Waals surface area contributed by atoms with Crippen LogP contribution in [-0.2, 0) is 26.2 Å². The third kappa shape index (κ3) is 7.17. The molecule has 0 saturated heterocycles. The minimum Gasteiger partial charge on any atom is -0.352 e. The number of halogens is 2. The van der Waals surface area contributed by atoms with Gasteiger partial charge in [0.05, 0.1) is 17.0 Å². The summed E-state index contributed by atoms with van der Waals surface area (Å²) in [6.45, 7) is 4.46. The van der Waals surface area contributed by atoms with Crippen molar-refractivity contribution < 1.29 is 22.4 Å². The largest absolute Gasteiger partial charge is 0.352 e. The Kier molecular flexibility index (Phi) is 9.25. The predicted molar refractivity (Wildman–Crippen MR) is 128 cm³/mol. The minimum atomic E-state index is -3.89. The minimum absolute atomic E-state index is 0.124. The van der Waals surface area contributed by atoms with E-state index in [0.717, 1.165) is 10.6 Å². The van der Waals surface area contributed by atoms with Crippen molar-refractivity contribution in [3.63, 3.8) is 0 Å². The molecule has 1 N–H and O–H groups in total. The highest BCUT2D eigenvalue weighted by atomic mass is 35.5. The summed E-state index contributed by atoms with van der Waals surface area (Å²) in [5.41, 5.74) is 0.343. The number of benzene rings is 2. The second-order valence-electron chi connectivity index (χ2n) is 7.83. The van der Waals surface area contributed by atoms with Crippen LogP contribution in [0.5, 0.6) is 0 Å². The van der Waals surface area contributed by atoms with Crippen molar-refractivity contribution in [3.05, 3.63) is 64.9 Å². The number of hydrogen-bond donors (Lipinski definition) is 1. The van der Waals surface area contributed by atoms with Crippen LogP contribution < -0.4 is 9.62 Å². The van der Waals surface area contributed by atoms with Gasteiger partial charge in [-0.25, -0.2) is 12.8 Å². The summed E-state index contributed by atoms with van der Waals surface area (Å²) < 4.78 is 40.2. The Bertz CT molecular complexity index is 1100. The average Bonchev–Trinajstić information content (AvgIpc) is 2.76. The van der Waals surface area contributed by atoms with Crippen LogP contribution in [-0.4, -0.2) is 50.0 Å². The van der Waals surface area contributed by atoms with Crippen molar-refractivity contribution in [2.75, 3.05) is 17.1 Å². The first-order valence-corrected chi connectivity index (χ1v) is 12.7. The van der Waals surface area contributed by atoms with Gasteiger partial charge in [-0.2, -0.15) is 0 Å². The molecule has 2 aromatic carbocycles. The lowest BCUT2D eigenvalue weighted by atomic mass is 10.1. The van der Waals surface area contributed by atoms with Crippen LogP contribution in [0.15, 0.2) is 48.5 Å². The summed E-state index contributed by atoms with van der Waals surface area (Å²) in [7, 11) is -3.89. The van der Waals surface area contributed by atoms with Gasteiger partial charge in [0.1, 0.15) is 18.4 Å². The second kappa shape index (κ2) is 11.5. The smallest absolute Gasteiger partial charge is 0.244 e. The molecule has 0 aliphatic rings. The number of nitrogens with one attached hydrogen (secondary N) is 1. The summed E-state index contributed by atoms with van der Waals surface area (Å²) in [4.78, 5) is 27.3. The first-order chi connectivity index (χ1) is 15.5. The van der Waals surface area contributed by atoms with Crippen molar-refractivity contribution in [3.8, 4) is 0 Å². The van der Waals surface area contributed by atoms with Gasteiger partial charge >= 0.3 is 0 Å². The number of carbonyl (C=O) groups excluding carboxylic acids is 2. The molecule has 2 rings (SSSR count). The third-order valence-corrected chi connectivity index (χ3v) is 6.71. The maximum atomic E-state index is 14.3. The molecule has 180 valence electrons. The zero-order valence-electron chi connectivity index (χ0n) is 19.1. The van der Waals surface area contributed by atoms with Crippen LogP contribution >= 0.6 is 11.6 Å². The van der Waals surface area contributed by atoms with E-state index >= 15 is 0 Å². The van der Waals surface area contributed by atoms with Crippen LogP contribution in [0.3, 0.4) is 0 Å². The molecule has 0 fully saturated rings. The van der Waals surface area contributed by atoms with Crippen LogP contribution in [0.25, 0.3) is 0 Å². The maximum Gasteiger partial charge on any atom is 0.244 e. The van der Waals surface area contributed by atoms with Crippen LogP contribution in [0.2, 0.25) is 5.02 Å². The van der Waals surface area contributed by atoms with Crippen molar-refractivity contribution in [1.29, 1.82) is 0 Å². The third-order valence-electron chi connectivity index (χ3n) is 5.27. The molecule has 0 aliphatic heterocycles. The summed E-state index contributed by atoms with van der Waals surface area (Å²) in [5, 5.41) is 2.96. The molecule has 2 atom stereocenters. The summed E-state index contributed by atoms with van der Waals surface area (Å²) >= 11 is 6.18. The molecule has 0 bridgehead atoms. The SMILES string of the molecule is CCC(C)NC(=O)C(C)N(Cc1ccccc1F)C(=O)CN(c1ccccc1Cl)S(C)(=O)=O. The van der Waals surface area contributed by atoms with Gasteiger partial charge in [-0.1, -0.05) is 48.9 Å². The maximum absolute atomic E-state index is 14.3. The molecule has 2 unspecified atom stereocenters. The zero-order valence-corrected chi connectivity index (χ0v) is 20.7. The topological polar surface area (TPSA) is 86.8 Å². The number of sulfonamides is 1. The lowest BCUT2D eigenvalue weighted by Gasteiger charge is -2.32. The van der Waals surface area contributed by atoms with Crippen LogP contribution in [0, 0.1) is 5.82 Å². The summed E-state index contributed by atoms with van der Waals surface area (Å²) in [6, 6.07) is 11.1. The van der Waals surface area contributed by atoms with Crippen molar-refractivity contribution >= 4 is 39.1 Å². The van der Waals surface area contributed by atoms with Crippen molar-refractivity contribution in [2.24, 2.45) is 0 Å². The Labute approximate surface area is 199 Å². The molecule has 0 saturated carbocycles. The molecule has 33 heavy (non-hydrogen) atoms. The van der Waals surface area contributed by atoms with E-state index < -0.39 is 40.2 Å². The predicted octanol–water partition coefficient (Wildman–Crippen LogP) is 3.58. The van der Waals surface area contributed by atoms with E-state index in [1.54, 1.807) is 18.2 Å². The fourth-order valence-electron chi connectivity index (χ4n) is 3.11. The first kappa shape index (κ1) is 26.6. The molecule has 0 aliphatic carbocycles. The number of rotatable bonds is 10. The monoisotopic (exact) mass is 497 g/mol. The van der Waals surface area contributed by atoms with E-state index in [1.165, 1.54) is 42.2 Å². The summed E-state index contributed by atoms with van der Waals surface area (Å²) in [6.07, 6.45) is 1.65. The van der Waals surface area contributed by atoms with E-state index in [9.17, 15) is 22.4 Å². The number of anilines is 1. The zero-order chi connectivity index (χ0) is 24.8. The van der Waals surface area contributed by atoms with Crippen molar-refractivity contribution in [1.82, 2.24) is 10.2 Å². The molecule has 10 heteroatoms. The molecular formula is C23H29ClFN3O4S. The Balaban J connectivity index is 2.41. The molecule has 2 aromatic rings. The van der Waals surface area contributed by atoms with Gasteiger partial charge in [0, 0.05) is 18.2 Å². The Morgan fingerprint density at radius 2 is 1.70 bits per heavy atom. The molecule has 0 aromatic heterocycles. The van der Waals surface area contributed by atoms with E-state index in [4.69, 9.17) is 11.6 Å².